The van der Waals surface area contributed by atoms with Gasteiger partial charge in [0.05, 0.1) is 12.7 Å². The predicted molar refractivity (Wildman–Crippen MR) is 95.1 cm³/mol. The third kappa shape index (κ3) is 3.43. The van der Waals surface area contributed by atoms with Crippen LogP contribution < -0.4 is 4.74 Å². The van der Waals surface area contributed by atoms with E-state index in [1.165, 1.54) is 4.90 Å². The summed E-state index contributed by atoms with van der Waals surface area (Å²) in [5.41, 5.74) is 1.74. The Hall–Kier alpha value is -2.34. The Bertz CT molecular complexity index is 748. The van der Waals surface area contributed by atoms with Gasteiger partial charge >= 0.3 is 0 Å². The van der Waals surface area contributed by atoms with Crippen LogP contribution in [0.3, 0.4) is 0 Å². The third-order valence-corrected chi connectivity index (χ3v) is 4.02. The molecule has 0 saturated carbocycles. The van der Waals surface area contributed by atoms with Crippen LogP contribution in [0.2, 0.25) is 0 Å². The maximum absolute atomic E-state index is 12.7. The van der Waals surface area contributed by atoms with E-state index in [0.717, 1.165) is 30.2 Å². The lowest BCUT2D eigenvalue weighted by Crippen LogP contribution is -2.26. The molecule has 0 spiro atoms. The van der Waals surface area contributed by atoms with Crippen molar-refractivity contribution in [2.45, 2.75) is 13.0 Å². The van der Waals surface area contributed by atoms with Gasteiger partial charge in [-0.25, -0.2) is 0 Å². The SMILES string of the molecule is COc1ccc2c(c1)c(C=O)c(C(=O)N(C)C)n2CCCN(C)C. The van der Waals surface area contributed by atoms with E-state index in [0.29, 0.717) is 23.6 Å². The van der Waals surface area contributed by atoms with Crippen LogP contribution in [0.5, 0.6) is 5.75 Å². The molecule has 6 nitrogen and oxygen atoms in total. The number of fused-ring (bicyclic) bond motifs is 1. The highest BCUT2D eigenvalue weighted by Crippen LogP contribution is 2.29. The van der Waals surface area contributed by atoms with Gasteiger partial charge in [-0.1, -0.05) is 0 Å². The van der Waals surface area contributed by atoms with Crippen LogP contribution in [-0.2, 0) is 6.54 Å². The second-order valence-corrected chi connectivity index (χ2v) is 6.27. The average molecular weight is 331 g/mol. The van der Waals surface area contributed by atoms with Crippen molar-refractivity contribution in [1.29, 1.82) is 0 Å². The number of methoxy groups -OCH3 is 1. The Labute approximate surface area is 142 Å². The van der Waals surface area contributed by atoms with E-state index in [9.17, 15) is 9.59 Å². The second-order valence-electron chi connectivity index (χ2n) is 6.27. The molecule has 0 fully saturated rings. The molecule has 24 heavy (non-hydrogen) atoms. The van der Waals surface area contributed by atoms with Crippen LogP contribution in [-0.4, -0.2) is 68.4 Å². The first-order valence-corrected chi connectivity index (χ1v) is 7.92. The molecule has 0 aliphatic rings. The second kappa shape index (κ2) is 7.49. The van der Waals surface area contributed by atoms with Crippen LogP contribution in [0.4, 0.5) is 0 Å². The van der Waals surface area contributed by atoms with Crippen molar-refractivity contribution in [2.75, 3.05) is 41.8 Å². The number of ether oxygens (including phenoxy) is 1. The number of aldehydes is 1. The lowest BCUT2D eigenvalue weighted by Gasteiger charge is -2.16. The molecule has 2 aromatic rings. The number of benzene rings is 1. The van der Waals surface area contributed by atoms with Gasteiger partial charge < -0.3 is 19.1 Å². The summed E-state index contributed by atoms with van der Waals surface area (Å²) in [4.78, 5) is 28.0. The zero-order chi connectivity index (χ0) is 17.9. The van der Waals surface area contributed by atoms with Crippen LogP contribution in [0.25, 0.3) is 10.9 Å². The molecule has 0 aliphatic carbocycles. The quantitative estimate of drug-likeness (QED) is 0.729. The molecule has 0 aliphatic heterocycles. The molecule has 0 atom stereocenters. The van der Waals surface area contributed by atoms with Crippen LogP contribution in [0, 0.1) is 0 Å². The number of aromatic nitrogens is 1. The van der Waals surface area contributed by atoms with E-state index in [4.69, 9.17) is 4.74 Å². The maximum atomic E-state index is 12.7. The van der Waals surface area contributed by atoms with Crippen molar-refractivity contribution < 1.29 is 14.3 Å². The molecule has 0 unspecified atom stereocenters. The highest BCUT2D eigenvalue weighted by Gasteiger charge is 2.24. The Morgan fingerprint density at radius 2 is 1.96 bits per heavy atom. The average Bonchev–Trinajstić information content (AvgIpc) is 2.86. The van der Waals surface area contributed by atoms with Gasteiger partial charge in [-0.3, -0.25) is 9.59 Å². The number of carbonyl (C=O) groups is 2. The molecular formula is C18H25N3O3. The molecule has 1 amide bonds. The fraction of sp³-hybridized carbons (Fsp3) is 0.444. The van der Waals surface area contributed by atoms with Gasteiger partial charge in [-0.2, -0.15) is 0 Å². The Kier molecular flexibility index (Phi) is 5.62. The summed E-state index contributed by atoms with van der Waals surface area (Å²) in [6.45, 7) is 1.58. The predicted octanol–water partition coefficient (Wildman–Crippen LogP) is 2.12. The first-order chi connectivity index (χ1) is 11.4. The molecule has 0 bridgehead atoms. The number of rotatable bonds is 7. The van der Waals surface area contributed by atoms with Gasteiger partial charge in [-0.05, 0) is 45.3 Å². The highest BCUT2D eigenvalue weighted by molar-refractivity contribution is 6.10. The maximum Gasteiger partial charge on any atom is 0.270 e. The van der Waals surface area contributed by atoms with Gasteiger partial charge in [0, 0.05) is 31.5 Å². The molecule has 1 aromatic carbocycles. The number of nitrogens with zero attached hydrogens (tertiary/aromatic N) is 3. The largest absolute Gasteiger partial charge is 0.497 e. The Morgan fingerprint density at radius 1 is 1.25 bits per heavy atom. The molecule has 0 radical (unpaired) electrons. The van der Waals surface area contributed by atoms with Gasteiger partial charge in [0.1, 0.15) is 11.4 Å². The van der Waals surface area contributed by atoms with Crippen molar-refractivity contribution in [3.8, 4) is 5.75 Å². The van der Waals surface area contributed by atoms with E-state index in [1.54, 1.807) is 21.2 Å². The first kappa shape index (κ1) is 18.0. The van der Waals surface area contributed by atoms with E-state index in [-0.39, 0.29) is 5.91 Å². The number of hydrogen-bond donors (Lipinski definition) is 0. The minimum Gasteiger partial charge on any atom is -0.497 e. The summed E-state index contributed by atoms with van der Waals surface area (Å²) in [6, 6.07) is 5.57. The third-order valence-electron chi connectivity index (χ3n) is 4.02. The van der Waals surface area contributed by atoms with Crippen molar-refractivity contribution in [3.63, 3.8) is 0 Å². The molecule has 130 valence electrons. The zero-order valence-corrected chi connectivity index (χ0v) is 15.0. The van der Waals surface area contributed by atoms with Crippen molar-refractivity contribution in [2.24, 2.45) is 0 Å². The van der Waals surface area contributed by atoms with E-state index in [2.05, 4.69) is 4.90 Å². The standard InChI is InChI=1S/C18H25N3O3/c1-19(2)9-6-10-21-16-8-7-13(24-5)11-14(16)15(12-22)17(21)18(23)20(3)4/h7-8,11-12H,6,9-10H2,1-5H3. The molecule has 0 saturated heterocycles. The van der Waals surface area contributed by atoms with E-state index in [1.807, 2.05) is 36.9 Å². The summed E-state index contributed by atoms with van der Waals surface area (Å²) in [7, 11) is 9.00. The van der Waals surface area contributed by atoms with E-state index < -0.39 is 0 Å². The van der Waals surface area contributed by atoms with Gasteiger partial charge in [-0.15, -0.1) is 0 Å². The van der Waals surface area contributed by atoms with Crippen molar-refractivity contribution >= 4 is 23.1 Å². The molecule has 2 rings (SSSR count). The Balaban J connectivity index is 2.63. The van der Waals surface area contributed by atoms with Crippen LogP contribution in [0.1, 0.15) is 27.3 Å². The summed E-state index contributed by atoms with van der Waals surface area (Å²) < 4.78 is 7.21. The summed E-state index contributed by atoms with van der Waals surface area (Å²) in [6.07, 6.45) is 1.65. The monoisotopic (exact) mass is 331 g/mol. The number of hydrogen-bond acceptors (Lipinski definition) is 4. The minimum atomic E-state index is -0.169. The van der Waals surface area contributed by atoms with Crippen LogP contribution >= 0.6 is 0 Å². The van der Waals surface area contributed by atoms with E-state index >= 15 is 0 Å². The lowest BCUT2D eigenvalue weighted by atomic mass is 10.1. The minimum absolute atomic E-state index is 0.169. The molecule has 0 N–H and O–H groups in total. The van der Waals surface area contributed by atoms with Crippen molar-refractivity contribution in [1.82, 2.24) is 14.4 Å². The van der Waals surface area contributed by atoms with Gasteiger partial charge in [0.2, 0.25) is 0 Å². The van der Waals surface area contributed by atoms with Gasteiger partial charge in [0.25, 0.3) is 5.91 Å². The topological polar surface area (TPSA) is 54.8 Å². The number of carbonyl (C=O) groups excluding carboxylic acids is 2. The molecule has 6 heteroatoms. The zero-order valence-electron chi connectivity index (χ0n) is 15.0. The first-order valence-electron chi connectivity index (χ1n) is 7.92. The molecule has 1 heterocycles. The fourth-order valence-corrected chi connectivity index (χ4v) is 2.83. The lowest BCUT2D eigenvalue weighted by molar-refractivity contribution is 0.0814. The van der Waals surface area contributed by atoms with Crippen LogP contribution in [0.15, 0.2) is 18.2 Å². The normalized spacial score (nSPS) is 11.1. The summed E-state index contributed by atoms with van der Waals surface area (Å²) in [5, 5.41) is 0.749. The summed E-state index contributed by atoms with van der Waals surface area (Å²) in [5.74, 6) is 0.497. The number of amides is 1. The fourth-order valence-electron chi connectivity index (χ4n) is 2.83. The highest BCUT2D eigenvalue weighted by atomic mass is 16.5. The summed E-state index contributed by atoms with van der Waals surface area (Å²) >= 11 is 0. The van der Waals surface area contributed by atoms with Gasteiger partial charge in [0.15, 0.2) is 6.29 Å². The number of aryl methyl sites for hydroxylation is 1. The smallest absolute Gasteiger partial charge is 0.270 e. The Morgan fingerprint density at radius 3 is 2.50 bits per heavy atom. The molecular weight excluding hydrogens is 306 g/mol. The van der Waals surface area contributed by atoms with Crippen molar-refractivity contribution in [3.05, 3.63) is 29.5 Å². The molecule has 1 aromatic heterocycles.